The minimum Gasteiger partial charge on any atom is -0.339 e. The van der Waals surface area contributed by atoms with E-state index < -0.39 is 17.5 Å². The molecule has 0 spiro atoms. The average Bonchev–Trinajstić information content (AvgIpc) is 3.12. The van der Waals surface area contributed by atoms with Crippen LogP contribution in [0.1, 0.15) is 33.7 Å². The smallest absolute Gasteiger partial charge is 0.274 e. The van der Waals surface area contributed by atoms with Gasteiger partial charge >= 0.3 is 0 Å². The molecule has 2 aromatic rings. The quantitative estimate of drug-likeness (QED) is 0.941. The van der Waals surface area contributed by atoms with Crippen LogP contribution in [0.2, 0.25) is 0 Å². The summed E-state index contributed by atoms with van der Waals surface area (Å²) < 4.78 is 26.1. The molecule has 1 N–H and O–H groups in total. The van der Waals surface area contributed by atoms with E-state index in [1.165, 1.54) is 18.3 Å². The number of likely N-dealkylation sites (tertiary alicyclic amines) is 1. The fraction of sp³-hybridized carbons (Fsp3) is 0.235. The first-order valence-corrected chi connectivity index (χ1v) is 7.56. The van der Waals surface area contributed by atoms with Crippen LogP contribution in [0.5, 0.6) is 0 Å². The summed E-state index contributed by atoms with van der Waals surface area (Å²) in [6.45, 7) is 1.41. The van der Waals surface area contributed by atoms with Crippen molar-refractivity contribution >= 4 is 17.5 Å². The summed E-state index contributed by atoms with van der Waals surface area (Å²) in [5.74, 6) is -2.79. The molecule has 0 bridgehead atoms. The predicted octanol–water partition coefficient (Wildman–Crippen LogP) is 2.85. The summed E-state index contributed by atoms with van der Waals surface area (Å²) >= 11 is 0. The Morgan fingerprint density at radius 3 is 2.50 bits per heavy atom. The lowest BCUT2D eigenvalue weighted by atomic mass is 10.2. The molecular weight excluding hydrogens is 316 g/mol. The largest absolute Gasteiger partial charge is 0.339 e. The number of hydrogen-bond donors (Lipinski definition) is 1. The number of amides is 2. The zero-order valence-corrected chi connectivity index (χ0v) is 12.8. The van der Waals surface area contributed by atoms with Crippen molar-refractivity contribution in [3.63, 3.8) is 0 Å². The Morgan fingerprint density at radius 2 is 1.79 bits per heavy atom. The lowest BCUT2D eigenvalue weighted by Crippen LogP contribution is -2.28. The van der Waals surface area contributed by atoms with Crippen molar-refractivity contribution in [3.05, 3.63) is 59.4 Å². The highest BCUT2D eigenvalue weighted by Gasteiger charge is 2.20. The number of halogens is 2. The maximum Gasteiger partial charge on any atom is 0.274 e. The molecule has 0 saturated carbocycles. The fourth-order valence-electron chi connectivity index (χ4n) is 2.56. The van der Waals surface area contributed by atoms with Gasteiger partial charge in [-0.3, -0.25) is 14.6 Å². The summed E-state index contributed by atoms with van der Waals surface area (Å²) in [4.78, 5) is 30.2. The van der Waals surface area contributed by atoms with E-state index in [2.05, 4.69) is 10.3 Å². The van der Waals surface area contributed by atoms with Crippen molar-refractivity contribution in [3.8, 4) is 0 Å². The third-order valence-electron chi connectivity index (χ3n) is 3.81. The Bertz CT molecular complexity index is 789. The molecule has 124 valence electrons. The van der Waals surface area contributed by atoms with E-state index in [4.69, 9.17) is 0 Å². The van der Waals surface area contributed by atoms with Crippen LogP contribution in [-0.4, -0.2) is 34.8 Å². The molecule has 1 aliphatic heterocycles. The van der Waals surface area contributed by atoms with Crippen LogP contribution in [-0.2, 0) is 0 Å². The van der Waals surface area contributed by atoms with E-state index in [1.54, 1.807) is 11.0 Å². The molecule has 0 unspecified atom stereocenters. The lowest BCUT2D eigenvalue weighted by molar-refractivity contribution is 0.0792. The highest BCUT2D eigenvalue weighted by atomic mass is 19.2. The van der Waals surface area contributed by atoms with Gasteiger partial charge in [0.15, 0.2) is 11.6 Å². The van der Waals surface area contributed by atoms with E-state index >= 15 is 0 Å². The Morgan fingerprint density at radius 1 is 1.04 bits per heavy atom. The Hall–Kier alpha value is -2.83. The monoisotopic (exact) mass is 331 g/mol. The summed E-state index contributed by atoms with van der Waals surface area (Å²) in [6.07, 6.45) is 3.32. The van der Waals surface area contributed by atoms with Gasteiger partial charge in [-0.05, 0) is 37.1 Å². The number of benzene rings is 1. The van der Waals surface area contributed by atoms with Crippen molar-refractivity contribution in [1.29, 1.82) is 0 Å². The number of nitrogens with one attached hydrogen (secondary N) is 1. The molecule has 2 amide bonds. The summed E-state index contributed by atoms with van der Waals surface area (Å²) in [7, 11) is 0. The van der Waals surface area contributed by atoms with Crippen molar-refractivity contribution in [1.82, 2.24) is 9.88 Å². The van der Waals surface area contributed by atoms with Crippen LogP contribution in [0.25, 0.3) is 0 Å². The molecule has 7 heteroatoms. The Labute approximate surface area is 137 Å². The van der Waals surface area contributed by atoms with E-state index in [9.17, 15) is 18.4 Å². The lowest BCUT2D eigenvalue weighted by Gasteiger charge is -2.15. The third kappa shape index (κ3) is 3.40. The molecule has 24 heavy (non-hydrogen) atoms. The Kier molecular flexibility index (Phi) is 4.50. The highest BCUT2D eigenvalue weighted by Crippen LogP contribution is 2.16. The number of carbonyl (C=O) groups is 2. The number of pyridine rings is 1. The molecular formula is C17H15F2N3O2. The van der Waals surface area contributed by atoms with Crippen molar-refractivity contribution < 1.29 is 18.4 Å². The van der Waals surface area contributed by atoms with E-state index in [1.807, 2.05) is 0 Å². The van der Waals surface area contributed by atoms with Gasteiger partial charge in [-0.2, -0.15) is 0 Å². The van der Waals surface area contributed by atoms with Crippen LogP contribution >= 0.6 is 0 Å². The topological polar surface area (TPSA) is 62.3 Å². The van der Waals surface area contributed by atoms with E-state index in [0.29, 0.717) is 18.7 Å². The van der Waals surface area contributed by atoms with Crippen LogP contribution in [0.3, 0.4) is 0 Å². The molecule has 0 atom stereocenters. The number of hydrogen-bond acceptors (Lipinski definition) is 3. The first-order valence-electron chi connectivity index (χ1n) is 7.56. The minimum atomic E-state index is -1.06. The number of anilines is 1. The maximum absolute atomic E-state index is 13.2. The van der Waals surface area contributed by atoms with Gasteiger partial charge in [0.05, 0.1) is 0 Å². The van der Waals surface area contributed by atoms with Crippen molar-refractivity contribution in [2.24, 2.45) is 0 Å². The Balaban J connectivity index is 1.76. The molecule has 3 rings (SSSR count). The molecule has 1 saturated heterocycles. The minimum absolute atomic E-state index is 0.0322. The summed E-state index contributed by atoms with van der Waals surface area (Å²) in [6, 6.07) is 6.00. The molecule has 0 radical (unpaired) electrons. The van der Waals surface area contributed by atoms with Gasteiger partial charge in [-0.15, -0.1) is 0 Å². The van der Waals surface area contributed by atoms with E-state index in [-0.39, 0.29) is 17.3 Å². The SMILES string of the molecule is O=C(Nc1ccc(F)c(F)c1)c1cc(C(=O)N2CCCC2)ccn1. The first kappa shape index (κ1) is 16.0. The highest BCUT2D eigenvalue weighted by molar-refractivity contribution is 6.04. The molecule has 5 nitrogen and oxygen atoms in total. The van der Waals surface area contributed by atoms with Gasteiger partial charge in [-0.1, -0.05) is 0 Å². The second kappa shape index (κ2) is 6.74. The van der Waals surface area contributed by atoms with Crippen LogP contribution in [0.4, 0.5) is 14.5 Å². The molecule has 1 fully saturated rings. The van der Waals surface area contributed by atoms with Crippen molar-refractivity contribution in [2.75, 3.05) is 18.4 Å². The summed E-state index contributed by atoms with van der Waals surface area (Å²) in [5.41, 5.74) is 0.518. The standard InChI is InChI=1S/C17H15F2N3O2/c18-13-4-3-12(10-14(13)19)21-16(23)15-9-11(5-6-20-15)17(24)22-7-1-2-8-22/h3-6,9-10H,1-2,7-8H2,(H,21,23). The molecule has 1 aliphatic rings. The second-order valence-electron chi connectivity index (χ2n) is 5.51. The van der Waals surface area contributed by atoms with Gasteiger partial charge in [0.25, 0.3) is 11.8 Å². The second-order valence-corrected chi connectivity index (χ2v) is 5.51. The normalized spacial score (nSPS) is 13.8. The van der Waals surface area contributed by atoms with Crippen molar-refractivity contribution in [2.45, 2.75) is 12.8 Å². The molecule has 0 aliphatic carbocycles. The van der Waals surface area contributed by atoms with Gasteiger partial charge < -0.3 is 10.2 Å². The van der Waals surface area contributed by atoms with Crippen LogP contribution < -0.4 is 5.32 Å². The number of rotatable bonds is 3. The van der Waals surface area contributed by atoms with Gasteiger partial charge in [-0.25, -0.2) is 8.78 Å². The zero-order chi connectivity index (χ0) is 17.1. The predicted molar refractivity (Wildman–Crippen MR) is 83.7 cm³/mol. The fourth-order valence-corrected chi connectivity index (χ4v) is 2.56. The van der Waals surface area contributed by atoms with Crippen LogP contribution in [0.15, 0.2) is 36.5 Å². The van der Waals surface area contributed by atoms with Gasteiger partial charge in [0, 0.05) is 36.6 Å². The summed E-state index contributed by atoms with van der Waals surface area (Å²) in [5, 5.41) is 2.43. The van der Waals surface area contributed by atoms with Gasteiger partial charge in [0.2, 0.25) is 0 Å². The zero-order valence-electron chi connectivity index (χ0n) is 12.8. The maximum atomic E-state index is 13.2. The average molecular weight is 331 g/mol. The first-order chi connectivity index (χ1) is 11.5. The third-order valence-corrected chi connectivity index (χ3v) is 3.81. The molecule has 1 aromatic heterocycles. The van der Waals surface area contributed by atoms with E-state index in [0.717, 1.165) is 25.0 Å². The number of carbonyl (C=O) groups excluding carboxylic acids is 2. The molecule has 2 heterocycles. The molecule has 1 aromatic carbocycles. The van der Waals surface area contributed by atoms with Crippen LogP contribution in [0, 0.1) is 11.6 Å². The van der Waals surface area contributed by atoms with Gasteiger partial charge in [0.1, 0.15) is 5.69 Å². The number of nitrogens with zero attached hydrogens (tertiary/aromatic N) is 2. The number of aromatic nitrogens is 1.